The van der Waals surface area contributed by atoms with Crippen molar-refractivity contribution in [2.24, 2.45) is 0 Å². The molecule has 5 heterocycles. The van der Waals surface area contributed by atoms with Crippen molar-refractivity contribution < 1.29 is 9.26 Å². The van der Waals surface area contributed by atoms with Gasteiger partial charge in [0.15, 0.2) is 5.75 Å². The Bertz CT molecular complexity index is 1570. The molecule has 1 fully saturated rings. The van der Waals surface area contributed by atoms with Crippen molar-refractivity contribution in [3.05, 3.63) is 89.6 Å². The molecule has 192 valence electrons. The van der Waals surface area contributed by atoms with Gasteiger partial charge in [0, 0.05) is 44.5 Å². The molecule has 1 saturated heterocycles. The maximum atomic E-state index is 6.51. The molecule has 0 saturated carbocycles. The van der Waals surface area contributed by atoms with Crippen LogP contribution < -0.4 is 9.64 Å². The second-order valence-electron chi connectivity index (χ2n) is 10.1. The lowest BCUT2D eigenvalue weighted by Gasteiger charge is -2.37. The number of ether oxygens (including phenoxy) is 1. The van der Waals surface area contributed by atoms with Crippen molar-refractivity contribution in [1.29, 1.82) is 0 Å². The van der Waals surface area contributed by atoms with Crippen molar-refractivity contribution in [2.75, 3.05) is 37.7 Å². The van der Waals surface area contributed by atoms with Gasteiger partial charge >= 0.3 is 0 Å². The summed E-state index contributed by atoms with van der Waals surface area (Å²) in [6, 6.07) is 20.9. The lowest BCUT2D eigenvalue weighted by Crippen LogP contribution is -2.47. The Kier molecular flexibility index (Phi) is 5.62. The molecule has 0 N–H and O–H groups in total. The van der Waals surface area contributed by atoms with E-state index in [-0.39, 0.29) is 6.04 Å². The van der Waals surface area contributed by atoms with E-state index in [0.29, 0.717) is 6.61 Å². The van der Waals surface area contributed by atoms with Gasteiger partial charge < -0.3 is 14.2 Å². The van der Waals surface area contributed by atoms with Gasteiger partial charge in [0.1, 0.15) is 23.9 Å². The lowest BCUT2D eigenvalue weighted by atomic mass is 10.0. The highest BCUT2D eigenvalue weighted by Gasteiger charge is 2.34. The predicted molar refractivity (Wildman–Crippen MR) is 147 cm³/mol. The van der Waals surface area contributed by atoms with Gasteiger partial charge in [-0.25, -0.2) is 4.98 Å². The monoisotopic (exact) mass is 506 g/mol. The summed E-state index contributed by atoms with van der Waals surface area (Å²) in [6.45, 7) is 9.18. The summed E-state index contributed by atoms with van der Waals surface area (Å²) >= 11 is 0. The average Bonchev–Trinajstić information content (AvgIpc) is 3.51. The molecule has 8 nitrogen and oxygen atoms in total. The topological polar surface area (TPSA) is 72.5 Å². The van der Waals surface area contributed by atoms with Crippen LogP contribution in [0, 0.1) is 13.8 Å². The number of rotatable bonds is 5. The van der Waals surface area contributed by atoms with Crippen LogP contribution in [0.15, 0.2) is 71.4 Å². The number of piperazine rings is 1. The summed E-state index contributed by atoms with van der Waals surface area (Å²) in [7, 11) is 0. The van der Waals surface area contributed by atoms with Crippen LogP contribution in [0.4, 0.5) is 5.95 Å². The summed E-state index contributed by atoms with van der Waals surface area (Å²) in [5.41, 5.74) is 7.10. The van der Waals surface area contributed by atoms with E-state index in [1.54, 1.807) is 0 Å². The number of pyridine rings is 1. The molecule has 0 bridgehead atoms. The SMILES string of the molecule is Cc1noc(C)c1-c1ccc2nc(N3CCN(Cc4ccccc4)CC3)n3c2c1OC[C@@H]3c1ccccn1. The van der Waals surface area contributed by atoms with E-state index in [2.05, 4.69) is 68.1 Å². The Balaban J connectivity index is 1.30. The first-order chi connectivity index (χ1) is 18.7. The van der Waals surface area contributed by atoms with Gasteiger partial charge in [-0.2, -0.15) is 0 Å². The van der Waals surface area contributed by atoms with Crippen LogP contribution in [0.25, 0.3) is 22.2 Å². The molecule has 0 amide bonds. The van der Waals surface area contributed by atoms with Crippen molar-refractivity contribution in [3.63, 3.8) is 0 Å². The minimum absolute atomic E-state index is 0.0639. The number of benzene rings is 2. The van der Waals surface area contributed by atoms with Crippen molar-refractivity contribution in [3.8, 4) is 16.9 Å². The Morgan fingerprint density at radius 1 is 0.921 bits per heavy atom. The number of nitrogens with zero attached hydrogens (tertiary/aromatic N) is 6. The molecular formula is C30H30N6O2. The number of aromatic nitrogens is 4. The third-order valence-corrected chi connectivity index (χ3v) is 7.72. The van der Waals surface area contributed by atoms with Crippen LogP contribution in [0.3, 0.4) is 0 Å². The molecule has 2 aliphatic rings. The van der Waals surface area contributed by atoms with Gasteiger partial charge in [-0.05, 0) is 43.7 Å². The van der Waals surface area contributed by atoms with Crippen molar-refractivity contribution in [1.82, 2.24) is 24.6 Å². The number of imidazole rings is 1. The van der Waals surface area contributed by atoms with E-state index in [4.69, 9.17) is 19.2 Å². The van der Waals surface area contributed by atoms with Crippen LogP contribution >= 0.6 is 0 Å². The Hall–Kier alpha value is -4.17. The van der Waals surface area contributed by atoms with Gasteiger partial charge in [0.2, 0.25) is 5.95 Å². The highest BCUT2D eigenvalue weighted by molar-refractivity contribution is 5.94. The molecule has 5 aromatic rings. The summed E-state index contributed by atoms with van der Waals surface area (Å²) < 4.78 is 14.4. The molecule has 38 heavy (non-hydrogen) atoms. The fourth-order valence-corrected chi connectivity index (χ4v) is 5.85. The molecule has 2 aromatic carbocycles. The van der Waals surface area contributed by atoms with E-state index in [9.17, 15) is 0 Å². The van der Waals surface area contributed by atoms with E-state index in [1.807, 2.05) is 32.2 Å². The third-order valence-electron chi connectivity index (χ3n) is 7.72. The molecule has 0 radical (unpaired) electrons. The van der Waals surface area contributed by atoms with Crippen LogP contribution in [0.5, 0.6) is 5.75 Å². The van der Waals surface area contributed by atoms with Gasteiger partial charge in [0.05, 0.1) is 22.5 Å². The zero-order valence-corrected chi connectivity index (χ0v) is 21.7. The second kappa shape index (κ2) is 9.29. The highest BCUT2D eigenvalue weighted by Crippen LogP contribution is 2.45. The zero-order chi connectivity index (χ0) is 25.6. The molecule has 2 aliphatic heterocycles. The minimum atomic E-state index is -0.0639. The van der Waals surface area contributed by atoms with Crippen molar-refractivity contribution >= 4 is 17.0 Å². The molecule has 0 spiro atoms. The molecular weight excluding hydrogens is 476 g/mol. The molecule has 3 aromatic heterocycles. The van der Waals surface area contributed by atoms with E-state index < -0.39 is 0 Å². The Labute approximate surface area is 221 Å². The van der Waals surface area contributed by atoms with Crippen LogP contribution in [-0.4, -0.2) is 57.4 Å². The number of anilines is 1. The fraction of sp³-hybridized carbons (Fsp3) is 0.300. The molecule has 7 rings (SSSR count). The predicted octanol–water partition coefficient (Wildman–Crippen LogP) is 5.01. The van der Waals surface area contributed by atoms with Gasteiger partial charge in [-0.15, -0.1) is 0 Å². The van der Waals surface area contributed by atoms with E-state index in [1.165, 1.54) is 5.56 Å². The Morgan fingerprint density at radius 2 is 1.74 bits per heavy atom. The van der Waals surface area contributed by atoms with Crippen LogP contribution in [-0.2, 0) is 6.54 Å². The van der Waals surface area contributed by atoms with Gasteiger partial charge in [-0.3, -0.25) is 14.5 Å². The zero-order valence-electron chi connectivity index (χ0n) is 21.7. The number of hydrogen-bond donors (Lipinski definition) is 0. The van der Waals surface area contributed by atoms with E-state index in [0.717, 1.165) is 83.7 Å². The first-order valence-electron chi connectivity index (χ1n) is 13.2. The largest absolute Gasteiger partial charge is 0.488 e. The smallest absolute Gasteiger partial charge is 0.207 e. The molecule has 0 aliphatic carbocycles. The maximum absolute atomic E-state index is 6.51. The van der Waals surface area contributed by atoms with Gasteiger partial charge in [0.25, 0.3) is 0 Å². The number of hydrogen-bond acceptors (Lipinski definition) is 7. The summed E-state index contributed by atoms with van der Waals surface area (Å²) in [5, 5.41) is 4.19. The summed E-state index contributed by atoms with van der Waals surface area (Å²) in [6.07, 6.45) is 1.85. The average molecular weight is 507 g/mol. The Morgan fingerprint density at radius 3 is 2.47 bits per heavy atom. The first kappa shape index (κ1) is 23.0. The lowest BCUT2D eigenvalue weighted by molar-refractivity contribution is 0.241. The van der Waals surface area contributed by atoms with Crippen LogP contribution in [0.1, 0.15) is 28.8 Å². The fourth-order valence-electron chi connectivity index (χ4n) is 5.85. The standard InChI is InChI=1S/C30H30N6O2/c1-20-27(21(2)38-33-20)23-11-12-25-28-29(23)37-19-26(24-10-6-7-13-31-24)36(28)30(32-25)35-16-14-34(15-17-35)18-22-8-4-3-5-9-22/h3-13,26H,14-19H2,1-2H3/t26-/m1/s1. The first-order valence-corrected chi connectivity index (χ1v) is 13.2. The van der Waals surface area contributed by atoms with Crippen molar-refractivity contribution in [2.45, 2.75) is 26.4 Å². The quantitative estimate of drug-likeness (QED) is 0.332. The minimum Gasteiger partial charge on any atom is -0.488 e. The summed E-state index contributed by atoms with van der Waals surface area (Å²) in [5.74, 6) is 2.61. The molecule has 8 heteroatoms. The van der Waals surface area contributed by atoms with E-state index >= 15 is 0 Å². The maximum Gasteiger partial charge on any atom is 0.207 e. The molecule has 0 unspecified atom stereocenters. The van der Waals surface area contributed by atoms with Gasteiger partial charge in [-0.1, -0.05) is 41.6 Å². The summed E-state index contributed by atoms with van der Waals surface area (Å²) in [4.78, 5) is 14.8. The number of aryl methyl sites for hydroxylation is 2. The third kappa shape index (κ3) is 3.83. The normalized spacial score (nSPS) is 17.6. The molecule has 1 atom stereocenters. The van der Waals surface area contributed by atoms with Crippen LogP contribution in [0.2, 0.25) is 0 Å². The second-order valence-corrected chi connectivity index (χ2v) is 10.1. The highest BCUT2D eigenvalue weighted by atomic mass is 16.5.